The molecule has 0 heterocycles. The maximum Gasteiger partial charge on any atom is 0.224 e. The first kappa shape index (κ1) is 11.7. The largest absolute Gasteiger partial charge is 0.326 e. The third-order valence-corrected chi connectivity index (χ3v) is 2.13. The Morgan fingerprint density at radius 3 is 2.87 bits per heavy atom. The molecule has 3 heteroatoms. The molecule has 0 aromatic heterocycles. The summed E-state index contributed by atoms with van der Waals surface area (Å²) in [5.41, 5.74) is 2.03. The first-order valence-electron chi connectivity index (χ1n) is 5.23. The number of nitrogens with one attached hydrogen (secondary N) is 2. The minimum atomic E-state index is 0.0795. The molecule has 0 atom stereocenters. The first-order chi connectivity index (χ1) is 7.22. The van der Waals surface area contributed by atoms with Crippen molar-refractivity contribution in [1.29, 1.82) is 0 Å². The molecular weight excluding hydrogens is 188 g/mol. The summed E-state index contributed by atoms with van der Waals surface area (Å²) in [6.07, 6.45) is 1.43. The number of hydrogen-bond acceptors (Lipinski definition) is 2. The quantitative estimate of drug-likeness (QED) is 0.723. The van der Waals surface area contributed by atoms with E-state index in [1.54, 1.807) is 0 Å². The van der Waals surface area contributed by atoms with Gasteiger partial charge in [-0.3, -0.25) is 4.79 Å². The Hall–Kier alpha value is -1.35. The van der Waals surface area contributed by atoms with Crippen molar-refractivity contribution in [2.24, 2.45) is 0 Å². The van der Waals surface area contributed by atoms with Crippen molar-refractivity contribution >= 4 is 11.6 Å². The lowest BCUT2D eigenvalue weighted by atomic mass is 10.2. The van der Waals surface area contributed by atoms with Crippen LogP contribution in [0.5, 0.6) is 0 Å². The summed E-state index contributed by atoms with van der Waals surface area (Å²) in [6, 6.07) is 7.83. The van der Waals surface area contributed by atoms with E-state index in [4.69, 9.17) is 0 Å². The topological polar surface area (TPSA) is 41.1 Å². The molecule has 0 fully saturated rings. The van der Waals surface area contributed by atoms with Gasteiger partial charge < -0.3 is 10.6 Å². The molecule has 0 aliphatic heterocycles. The van der Waals surface area contributed by atoms with Gasteiger partial charge in [0.1, 0.15) is 0 Å². The summed E-state index contributed by atoms with van der Waals surface area (Å²) < 4.78 is 0. The van der Waals surface area contributed by atoms with Gasteiger partial charge in [-0.05, 0) is 44.6 Å². The maximum atomic E-state index is 11.5. The van der Waals surface area contributed by atoms with E-state index < -0.39 is 0 Å². The average molecular weight is 206 g/mol. The lowest BCUT2D eigenvalue weighted by Gasteiger charge is -2.05. The van der Waals surface area contributed by atoms with Crippen molar-refractivity contribution in [3.63, 3.8) is 0 Å². The highest BCUT2D eigenvalue weighted by molar-refractivity contribution is 5.90. The zero-order chi connectivity index (χ0) is 11.1. The highest BCUT2D eigenvalue weighted by Gasteiger charge is 2.01. The van der Waals surface area contributed by atoms with Crippen LogP contribution in [0.25, 0.3) is 0 Å². The Kier molecular flexibility index (Phi) is 4.84. The minimum Gasteiger partial charge on any atom is -0.326 e. The van der Waals surface area contributed by atoms with Crippen LogP contribution in [0.3, 0.4) is 0 Å². The van der Waals surface area contributed by atoms with E-state index in [0.29, 0.717) is 6.42 Å². The van der Waals surface area contributed by atoms with Gasteiger partial charge in [0.05, 0.1) is 0 Å². The summed E-state index contributed by atoms with van der Waals surface area (Å²) in [5.74, 6) is 0.0795. The van der Waals surface area contributed by atoms with Crippen molar-refractivity contribution in [1.82, 2.24) is 5.32 Å². The van der Waals surface area contributed by atoms with E-state index in [1.165, 1.54) is 0 Å². The van der Waals surface area contributed by atoms with Gasteiger partial charge in [0.15, 0.2) is 0 Å². The number of rotatable bonds is 5. The van der Waals surface area contributed by atoms with Crippen LogP contribution >= 0.6 is 0 Å². The third kappa shape index (κ3) is 4.61. The molecule has 1 rings (SSSR count). The molecule has 0 bridgehead atoms. The van der Waals surface area contributed by atoms with Crippen molar-refractivity contribution in [3.05, 3.63) is 29.8 Å². The molecule has 0 spiro atoms. The van der Waals surface area contributed by atoms with Crippen LogP contribution in [-0.2, 0) is 4.79 Å². The number of anilines is 1. The molecule has 2 N–H and O–H groups in total. The van der Waals surface area contributed by atoms with E-state index in [9.17, 15) is 4.79 Å². The number of benzene rings is 1. The van der Waals surface area contributed by atoms with Crippen molar-refractivity contribution < 1.29 is 4.79 Å². The Balaban J connectivity index is 2.37. The van der Waals surface area contributed by atoms with Gasteiger partial charge in [-0.1, -0.05) is 12.1 Å². The Morgan fingerprint density at radius 1 is 1.40 bits per heavy atom. The SMILES string of the molecule is CNCCCC(=O)Nc1cccc(C)c1. The second-order valence-corrected chi connectivity index (χ2v) is 3.62. The highest BCUT2D eigenvalue weighted by atomic mass is 16.1. The van der Waals surface area contributed by atoms with Crippen LogP contribution in [0.2, 0.25) is 0 Å². The zero-order valence-corrected chi connectivity index (χ0v) is 9.34. The van der Waals surface area contributed by atoms with Gasteiger partial charge >= 0.3 is 0 Å². The van der Waals surface area contributed by atoms with Gasteiger partial charge in [-0.2, -0.15) is 0 Å². The van der Waals surface area contributed by atoms with Gasteiger partial charge in [0.2, 0.25) is 5.91 Å². The molecular formula is C12H18N2O. The molecule has 3 nitrogen and oxygen atoms in total. The van der Waals surface area contributed by atoms with E-state index in [0.717, 1.165) is 24.2 Å². The molecule has 1 aromatic carbocycles. The lowest BCUT2D eigenvalue weighted by Crippen LogP contribution is -2.15. The van der Waals surface area contributed by atoms with Crippen LogP contribution in [0, 0.1) is 6.92 Å². The standard InChI is InChI=1S/C12H18N2O/c1-10-5-3-6-11(9-10)14-12(15)7-4-8-13-2/h3,5-6,9,13H,4,7-8H2,1-2H3,(H,14,15). The van der Waals surface area contributed by atoms with Crippen LogP contribution in [0.15, 0.2) is 24.3 Å². The van der Waals surface area contributed by atoms with Gasteiger partial charge in [0.25, 0.3) is 0 Å². The molecule has 1 amide bonds. The van der Waals surface area contributed by atoms with E-state index in [1.807, 2.05) is 38.2 Å². The number of aryl methyl sites for hydroxylation is 1. The number of hydrogen-bond donors (Lipinski definition) is 2. The number of carbonyl (C=O) groups excluding carboxylic acids is 1. The van der Waals surface area contributed by atoms with Crippen molar-refractivity contribution in [2.75, 3.05) is 18.9 Å². The maximum absolute atomic E-state index is 11.5. The van der Waals surface area contributed by atoms with Crippen LogP contribution < -0.4 is 10.6 Å². The van der Waals surface area contributed by atoms with Crippen molar-refractivity contribution in [3.8, 4) is 0 Å². The van der Waals surface area contributed by atoms with Gasteiger partial charge in [0, 0.05) is 12.1 Å². The fraction of sp³-hybridized carbons (Fsp3) is 0.417. The number of amides is 1. The molecule has 15 heavy (non-hydrogen) atoms. The lowest BCUT2D eigenvalue weighted by molar-refractivity contribution is -0.116. The molecule has 0 aliphatic rings. The highest BCUT2D eigenvalue weighted by Crippen LogP contribution is 2.09. The normalized spacial score (nSPS) is 10.0. The Morgan fingerprint density at radius 2 is 2.20 bits per heavy atom. The summed E-state index contributed by atoms with van der Waals surface area (Å²) in [7, 11) is 1.89. The summed E-state index contributed by atoms with van der Waals surface area (Å²) in [4.78, 5) is 11.5. The average Bonchev–Trinajstić information content (AvgIpc) is 2.18. The molecule has 0 saturated carbocycles. The predicted molar refractivity (Wildman–Crippen MR) is 63.0 cm³/mol. The minimum absolute atomic E-state index is 0.0795. The molecule has 0 saturated heterocycles. The molecule has 0 radical (unpaired) electrons. The number of carbonyl (C=O) groups is 1. The molecule has 0 aliphatic carbocycles. The molecule has 0 unspecified atom stereocenters. The predicted octanol–water partition coefficient (Wildman–Crippen LogP) is 1.93. The monoisotopic (exact) mass is 206 g/mol. The Bertz CT molecular complexity index is 323. The second kappa shape index (κ2) is 6.19. The van der Waals surface area contributed by atoms with Crippen LogP contribution in [0.4, 0.5) is 5.69 Å². The van der Waals surface area contributed by atoms with Crippen LogP contribution in [-0.4, -0.2) is 19.5 Å². The molecule has 82 valence electrons. The van der Waals surface area contributed by atoms with E-state index >= 15 is 0 Å². The first-order valence-corrected chi connectivity index (χ1v) is 5.23. The van der Waals surface area contributed by atoms with E-state index in [-0.39, 0.29) is 5.91 Å². The summed E-state index contributed by atoms with van der Waals surface area (Å²) in [5, 5.41) is 5.89. The Labute approximate surface area is 90.9 Å². The molecule has 1 aromatic rings. The second-order valence-electron chi connectivity index (χ2n) is 3.62. The fourth-order valence-corrected chi connectivity index (χ4v) is 1.37. The van der Waals surface area contributed by atoms with E-state index in [2.05, 4.69) is 10.6 Å². The third-order valence-electron chi connectivity index (χ3n) is 2.13. The van der Waals surface area contributed by atoms with Gasteiger partial charge in [-0.15, -0.1) is 0 Å². The zero-order valence-electron chi connectivity index (χ0n) is 9.34. The smallest absolute Gasteiger partial charge is 0.224 e. The van der Waals surface area contributed by atoms with Crippen LogP contribution in [0.1, 0.15) is 18.4 Å². The summed E-state index contributed by atoms with van der Waals surface area (Å²) >= 11 is 0. The van der Waals surface area contributed by atoms with Gasteiger partial charge in [-0.25, -0.2) is 0 Å². The fourth-order valence-electron chi connectivity index (χ4n) is 1.37. The summed E-state index contributed by atoms with van der Waals surface area (Å²) in [6.45, 7) is 2.89. The van der Waals surface area contributed by atoms with Crippen molar-refractivity contribution in [2.45, 2.75) is 19.8 Å².